The summed E-state index contributed by atoms with van der Waals surface area (Å²) in [5.41, 5.74) is 3.77. The molecule has 0 aliphatic heterocycles. The van der Waals surface area contributed by atoms with Crippen LogP contribution in [0.4, 0.5) is 18.9 Å². The van der Waals surface area contributed by atoms with Gasteiger partial charge in [-0.05, 0) is 25.1 Å². The van der Waals surface area contributed by atoms with E-state index in [0.29, 0.717) is 12.1 Å². The van der Waals surface area contributed by atoms with Crippen LogP contribution < -0.4 is 11.1 Å². The van der Waals surface area contributed by atoms with Crippen molar-refractivity contribution in [2.75, 3.05) is 12.8 Å². The highest BCUT2D eigenvalue weighted by Crippen LogP contribution is 2.33. The Kier molecular flexibility index (Phi) is 4.33. The number of carbonyl (C=O) groups excluding carboxylic acids is 1. The minimum Gasteiger partial charge on any atom is -0.398 e. The van der Waals surface area contributed by atoms with E-state index in [9.17, 15) is 26.4 Å². The molecule has 3 N–H and O–H groups in total. The zero-order valence-corrected chi connectivity index (χ0v) is 11.5. The van der Waals surface area contributed by atoms with E-state index in [-0.39, 0.29) is 0 Å². The Labute approximate surface area is 113 Å². The fourth-order valence-corrected chi connectivity index (χ4v) is 2.94. The summed E-state index contributed by atoms with van der Waals surface area (Å²) in [6.45, 7) is 1.13. The molecule has 1 aromatic carbocycles. The predicted octanol–water partition coefficient (Wildman–Crippen LogP) is 1.20. The Hall–Kier alpha value is -1.77. The van der Waals surface area contributed by atoms with Crippen LogP contribution in [0.25, 0.3) is 0 Å². The molecule has 1 rings (SSSR count). The molecular formula is C11H13F3N2O3S. The van der Waals surface area contributed by atoms with Crippen molar-refractivity contribution in [1.29, 1.82) is 0 Å². The number of rotatable bonds is 3. The lowest BCUT2D eigenvalue weighted by Gasteiger charge is -2.15. The van der Waals surface area contributed by atoms with E-state index >= 15 is 0 Å². The van der Waals surface area contributed by atoms with Gasteiger partial charge in [0.25, 0.3) is 0 Å². The summed E-state index contributed by atoms with van der Waals surface area (Å²) in [6.07, 6.45) is -4.62. The Balaban J connectivity index is 3.31. The lowest BCUT2D eigenvalue weighted by Crippen LogP contribution is -2.36. The van der Waals surface area contributed by atoms with Gasteiger partial charge in [-0.1, -0.05) is 0 Å². The molecule has 0 radical (unpaired) electrons. The Morgan fingerprint density at radius 2 is 1.90 bits per heavy atom. The van der Waals surface area contributed by atoms with E-state index in [2.05, 4.69) is 5.32 Å². The molecule has 0 spiro atoms. The van der Waals surface area contributed by atoms with Gasteiger partial charge in [0.15, 0.2) is 9.84 Å². The lowest BCUT2D eigenvalue weighted by atomic mass is 10.2. The molecule has 0 saturated heterocycles. The third-order valence-corrected chi connectivity index (χ3v) is 4.85. The molecule has 5 nitrogen and oxygen atoms in total. The summed E-state index contributed by atoms with van der Waals surface area (Å²) in [6, 6.07) is 1.90. The number of sulfone groups is 1. The first-order valence-corrected chi connectivity index (χ1v) is 6.98. The number of halogens is 3. The molecule has 20 heavy (non-hydrogen) atoms. The van der Waals surface area contributed by atoms with E-state index in [4.69, 9.17) is 5.73 Å². The summed E-state index contributed by atoms with van der Waals surface area (Å²) in [4.78, 5) is 10.9. The summed E-state index contributed by atoms with van der Waals surface area (Å²) in [5, 5.41) is 0.705. The zero-order chi connectivity index (χ0) is 15.7. The molecule has 0 aliphatic carbocycles. The Morgan fingerprint density at radius 3 is 2.30 bits per heavy atom. The Morgan fingerprint density at radius 1 is 1.35 bits per heavy atom. The van der Waals surface area contributed by atoms with Gasteiger partial charge in [-0.25, -0.2) is 8.42 Å². The van der Waals surface area contributed by atoms with E-state index < -0.39 is 43.3 Å². The van der Waals surface area contributed by atoms with Gasteiger partial charge in [0.2, 0.25) is 5.91 Å². The number of nitrogens with two attached hydrogens (primary N) is 1. The molecule has 0 fully saturated rings. The van der Waals surface area contributed by atoms with Crippen molar-refractivity contribution in [3.8, 4) is 0 Å². The van der Waals surface area contributed by atoms with E-state index in [1.165, 1.54) is 7.05 Å². The maximum Gasteiger partial charge on any atom is 0.416 e. The average molecular weight is 310 g/mol. The summed E-state index contributed by atoms with van der Waals surface area (Å²) >= 11 is 0. The second-order valence-electron chi connectivity index (χ2n) is 4.05. The lowest BCUT2D eigenvalue weighted by molar-refractivity contribution is -0.137. The second-order valence-corrected chi connectivity index (χ2v) is 6.29. The molecule has 1 aromatic rings. The third kappa shape index (κ3) is 3.03. The van der Waals surface area contributed by atoms with Crippen molar-refractivity contribution in [2.24, 2.45) is 0 Å². The quantitative estimate of drug-likeness (QED) is 0.821. The van der Waals surface area contributed by atoms with Gasteiger partial charge in [-0.3, -0.25) is 4.79 Å². The van der Waals surface area contributed by atoms with Crippen LogP contribution >= 0.6 is 0 Å². The number of nitrogen functional groups attached to an aromatic ring is 1. The van der Waals surface area contributed by atoms with Crippen molar-refractivity contribution in [1.82, 2.24) is 5.32 Å². The van der Waals surface area contributed by atoms with Crippen LogP contribution in [0.5, 0.6) is 0 Å². The molecule has 1 amide bonds. The van der Waals surface area contributed by atoms with E-state index in [0.717, 1.165) is 13.0 Å². The van der Waals surface area contributed by atoms with Gasteiger partial charge in [-0.15, -0.1) is 0 Å². The second kappa shape index (κ2) is 5.31. The highest BCUT2D eigenvalue weighted by molar-refractivity contribution is 7.93. The fourth-order valence-electron chi connectivity index (χ4n) is 1.52. The van der Waals surface area contributed by atoms with Crippen LogP contribution in [0, 0.1) is 0 Å². The smallest absolute Gasteiger partial charge is 0.398 e. The average Bonchev–Trinajstić information content (AvgIpc) is 2.35. The highest BCUT2D eigenvalue weighted by Gasteiger charge is 2.34. The number of benzene rings is 1. The van der Waals surface area contributed by atoms with Crippen LogP contribution in [-0.4, -0.2) is 26.6 Å². The first-order valence-electron chi connectivity index (χ1n) is 5.44. The number of carbonyl (C=O) groups is 1. The maximum absolute atomic E-state index is 12.5. The zero-order valence-electron chi connectivity index (χ0n) is 10.7. The van der Waals surface area contributed by atoms with Gasteiger partial charge in [-0.2, -0.15) is 13.2 Å². The van der Waals surface area contributed by atoms with Gasteiger partial charge >= 0.3 is 6.18 Å². The first-order chi connectivity index (χ1) is 9.01. The molecule has 112 valence electrons. The number of amides is 1. The van der Waals surface area contributed by atoms with Crippen molar-refractivity contribution < 1.29 is 26.4 Å². The Bertz CT molecular complexity index is 626. The molecule has 0 heterocycles. The molecule has 1 atom stereocenters. The molecule has 0 aliphatic rings. The van der Waals surface area contributed by atoms with Crippen LogP contribution in [0.2, 0.25) is 0 Å². The SMILES string of the molecule is CNC(=O)C(C)S(=O)(=O)c1ccc(C(F)(F)F)cc1N. The van der Waals surface area contributed by atoms with Gasteiger partial charge in [0.1, 0.15) is 5.25 Å². The summed E-state index contributed by atoms with van der Waals surface area (Å²) in [7, 11) is -2.89. The highest BCUT2D eigenvalue weighted by atomic mass is 32.2. The van der Waals surface area contributed by atoms with Crippen LogP contribution in [0.15, 0.2) is 23.1 Å². The number of anilines is 1. The van der Waals surface area contributed by atoms with E-state index in [1.807, 2.05) is 0 Å². The third-order valence-electron chi connectivity index (χ3n) is 2.72. The molecular weight excluding hydrogens is 297 g/mol. The van der Waals surface area contributed by atoms with E-state index in [1.54, 1.807) is 0 Å². The normalized spacial score (nSPS) is 13.8. The van der Waals surface area contributed by atoms with Crippen molar-refractivity contribution in [2.45, 2.75) is 23.2 Å². The van der Waals surface area contributed by atoms with Crippen LogP contribution in [0.1, 0.15) is 12.5 Å². The maximum atomic E-state index is 12.5. The largest absolute Gasteiger partial charge is 0.416 e. The molecule has 1 unspecified atom stereocenters. The number of hydrogen-bond donors (Lipinski definition) is 2. The molecule has 9 heteroatoms. The minimum atomic E-state index is -4.62. The standard InChI is InChI=1S/C11H13F3N2O3S/c1-6(10(17)16-2)20(18,19)9-4-3-7(5-8(9)15)11(12,13)14/h3-6H,15H2,1-2H3,(H,16,17). The van der Waals surface area contributed by atoms with Crippen LogP contribution in [-0.2, 0) is 20.8 Å². The monoisotopic (exact) mass is 310 g/mol. The molecule has 0 aromatic heterocycles. The molecule has 0 saturated carbocycles. The number of hydrogen-bond acceptors (Lipinski definition) is 4. The van der Waals surface area contributed by atoms with Crippen molar-refractivity contribution in [3.05, 3.63) is 23.8 Å². The minimum absolute atomic E-state index is 0.499. The van der Waals surface area contributed by atoms with Crippen LogP contribution in [0.3, 0.4) is 0 Å². The van der Waals surface area contributed by atoms with Gasteiger partial charge in [0, 0.05) is 7.05 Å². The summed E-state index contributed by atoms with van der Waals surface area (Å²) < 4.78 is 61.6. The fraction of sp³-hybridized carbons (Fsp3) is 0.364. The van der Waals surface area contributed by atoms with Gasteiger partial charge < -0.3 is 11.1 Å². The molecule has 0 bridgehead atoms. The van der Waals surface area contributed by atoms with Gasteiger partial charge in [0.05, 0.1) is 16.1 Å². The number of nitrogens with one attached hydrogen (secondary N) is 1. The summed E-state index contributed by atoms with van der Waals surface area (Å²) in [5.74, 6) is -0.774. The predicted molar refractivity (Wildman–Crippen MR) is 66.6 cm³/mol. The van der Waals surface area contributed by atoms with Crippen molar-refractivity contribution >= 4 is 21.4 Å². The topological polar surface area (TPSA) is 89.3 Å². The first kappa shape index (κ1) is 16.3. The number of alkyl halides is 3. The van der Waals surface area contributed by atoms with Crippen molar-refractivity contribution in [3.63, 3.8) is 0 Å².